The molecular weight excluding hydrogens is 269 g/mol. The molecule has 2 rings (SSSR count). The third-order valence-electron chi connectivity index (χ3n) is 2.63. The van der Waals surface area contributed by atoms with Gasteiger partial charge in [-0.1, -0.05) is 53.0 Å². The zero-order valence-corrected chi connectivity index (χ0v) is 11.4. The topological polar surface area (TPSA) is 32.3 Å². The van der Waals surface area contributed by atoms with Crippen molar-refractivity contribution in [1.29, 1.82) is 0 Å². The van der Waals surface area contributed by atoms with Gasteiger partial charge in [0, 0.05) is 12.2 Å². The summed E-state index contributed by atoms with van der Waals surface area (Å²) in [5.74, 6) is -0.0841. The van der Waals surface area contributed by atoms with Crippen LogP contribution in [0.25, 0.3) is 0 Å². The summed E-state index contributed by atoms with van der Waals surface area (Å²) >= 11 is 11.7. The molecule has 0 aliphatic heterocycles. The molecule has 94 valence electrons. The number of benzene rings is 2. The average Bonchev–Trinajstić information content (AvgIpc) is 2.35. The Hall–Kier alpha value is -1.38. The Kier molecular flexibility index (Phi) is 4.00. The SMILES string of the molecule is Cc1ccc(CNc2cc(Cl)c(O)c(Cl)c2)cc1. The largest absolute Gasteiger partial charge is 0.505 e. The van der Waals surface area contributed by atoms with Crippen LogP contribution >= 0.6 is 23.2 Å². The van der Waals surface area contributed by atoms with Crippen LogP contribution < -0.4 is 5.32 Å². The third kappa shape index (κ3) is 3.09. The molecule has 0 unspecified atom stereocenters. The zero-order valence-electron chi connectivity index (χ0n) is 9.87. The number of rotatable bonds is 3. The number of hydrogen-bond acceptors (Lipinski definition) is 2. The molecule has 2 N–H and O–H groups in total. The lowest BCUT2D eigenvalue weighted by Gasteiger charge is -2.09. The summed E-state index contributed by atoms with van der Waals surface area (Å²) in [6.07, 6.45) is 0. The summed E-state index contributed by atoms with van der Waals surface area (Å²) in [7, 11) is 0. The van der Waals surface area contributed by atoms with Gasteiger partial charge in [0.2, 0.25) is 0 Å². The summed E-state index contributed by atoms with van der Waals surface area (Å²) < 4.78 is 0. The standard InChI is InChI=1S/C14H13Cl2NO/c1-9-2-4-10(5-3-9)8-17-11-6-12(15)14(18)13(16)7-11/h2-7,17-18H,8H2,1H3. The van der Waals surface area contributed by atoms with E-state index in [1.807, 2.05) is 0 Å². The van der Waals surface area contributed by atoms with Crippen molar-refractivity contribution in [3.8, 4) is 5.75 Å². The van der Waals surface area contributed by atoms with Crippen molar-refractivity contribution in [2.75, 3.05) is 5.32 Å². The van der Waals surface area contributed by atoms with E-state index in [0.717, 1.165) is 5.69 Å². The molecule has 4 heteroatoms. The van der Waals surface area contributed by atoms with Crippen molar-refractivity contribution in [2.45, 2.75) is 13.5 Å². The summed E-state index contributed by atoms with van der Waals surface area (Å²) in [6.45, 7) is 2.73. The van der Waals surface area contributed by atoms with Gasteiger partial charge in [0.15, 0.2) is 5.75 Å². The van der Waals surface area contributed by atoms with Gasteiger partial charge in [-0.3, -0.25) is 0 Å². The van der Waals surface area contributed by atoms with Crippen molar-refractivity contribution in [2.24, 2.45) is 0 Å². The minimum atomic E-state index is -0.0841. The van der Waals surface area contributed by atoms with Crippen molar-refractivity contribution >= 4 is 28.9 Å². The van der Waals surface area contributed by atoms with Gasteiger partial charge < -0.3 is 10.4 Å². The highest BCUT2D eigenvalue weighted by Crippen LogP contribution is 2.34. The number of halogens is 2. The molecular formula is C14H13Cl2NO. The van der Waals surface area contributed by atoms with Crippen molar-refractivity contribution < 1.29 is 5.11 Å². The molecule has 0 radical (unpaired) electrons. The van der Waals surface area contributed by atoms with E-state index in [2.05, 4.69) is 36.5 Å². The zero-order chi connectivity index (χ0) is 13.1. The lowest BCUT2D eigenvalue weighted by molar-refractivity contribution is 0.476. The second-order valence-corrected chi connectivity index (χ2v) is 4.94. The Bertz CT molecular complexity index is 529. The first-order valence-corrected chi connectivity index (χ1v) is 6.29. The van der Waals surface area contributed by atoms with Crippen LogP contribution in [0.1, 0.15) is 11.1 Å². The van der Waals surface area contributed by atoms with Crippen LogP contribution in [-0.4, -0.2) is 5.11 Å². The third-order valence-corrected chi connectivity index (χ3v) is 3.21. The highest BCUT2D eigenvalue weighted by atomic mass is 35.5. The van der Waals surface area contributed by atoms with E-state index >= 15 is 0 Å². The van der Waals surface area contributed by atoms with Crippen molar-refractivity contribution in [3.05, 3.63) is 57.6 Å². The first-order chi connectivity index (χ1) is 8.56. The first kappa shape index (κ1) is 13.1. The number of phenolic OH excluding ortho intramolecular Hbond substituents is 1. The fourth-order valence-corrected chi connectivity index (χ4v) is 2.06. The summed E-state index contributed by atoms with van der Waals surface area (Å²) in [4.78, 5) is 0. The number of anilines is 1. The molecule has 2 nitrogen and oxygen atoms in total. The first-order valence-electron chi connectivity index (χ1n) is 5.53. The van der Waals surface area contributed by atoms with Gasteiger partial charge in [0.05, 0.1) is 10.0 Å². The van der Waals surface area contributed by atoms with Crippen LogP contribution in [0.15, 0.2) is 36.4 Å². The van der Waals surface area contributed by atoms with Gasteiger partial charge in [0.25, 0.3) is 0 Å². The maximum absolute atomic E-state index is 9.45. The Labute approximate surface area is 116 Å². The minimum Gasteiger partial charge on any atom is -0.505 e. The van der Waals surface area contributed by atoms with Crippen LogP contribution in [0.4, 0.5) is 5.69 Å². The van der Waals surface area contributed by atoms with Gasteiger partial charge in [-0.15, -0.1) is 0 Å². The fraction of sp³-hybridized carbons (Fsp3) is 0.143. The Morgan fingerprint density at radius 2 is 1.61 bits per heavy atom. The molecule has 0 saturated carbocycles. The second-order valence-electron chi connectivity index (χ2n) is 4.13. The van der Waals surface area contributed by atoms with Gasteiger partial charge >= 0.3 is 0 Å². The summed E-state index contributed by atoms with van der Waals surface area (Å²) in [5, 5.41) is 13.2. The molecule has 0 spiro atoms. The molecule has 0 aromatic heterocycles. The smallest absolute Gasteiger partial charge is 0.152 e. The lowest BCUT2D eigenvalue weighted by atomic mass is 10.1. The van der Waals surface area contributed by atoms with Crippen molar-refractivity contribution in [1.82, 2.24) is 0 Å². The normalized spacial score (nSPS) is 10.4. The maximum Gasteiger partial charge on any atom is 0.152 e. The van der Waals surface area contributed by atoms with Crippen LogP contribution in [-0.2, 0) is 6.54 Å². The van der Waals surface area contributed by atoms with Crippen LogP contribution in [0, 0.1) is 6.92 Å². The molecule has 2 aromatic carbocycles. The predicted molar refractivity (Wildman–Crippen MR) is 76.6 cm³/mol. The molecule has 0 saturated heterocycles. The van der Waals surface area contributed by atoms with Gasteiger partial charge in [-0.25, -0.2) is 0 Å². The van der Waals surface area contributed by atoms with E-state index in [1.54, 1.807) is 12.1 Å². The fourth-order valence-electron chi connectivity index (χ4n) is 1.58. The van der Waals surface area contributed by atoms with E-state index in [1.165, 1.54) is 11.1 Å². The molecule has 0 aliphatic rings. The summed E-state index contributed by atoms with van der Waals surface area (Å²) in [5.41, 5.74) is 3.18. The molecule has 2 aromatic rings. The molecule has 0 fully saturated rings. The molecule has 0 heterocycles. The van der Waals surface area contributed by atoms with E-state index in [4.69, 9.17) is 23.2 Å². The molecule has 0 atom stereocenters. The van der Waals surface area contributed by atoms with E-state index < -0.39 is 0 Å². The van der Waals surface area contributed by atoms with E-state index in [0.29, 0.717) is 6.54 Å². The second kappa shape index (κ2) is 5.51. The maximum atomic E-state index is 9.45. The van der Waals surface area contributed by atoms with Gasteiger partial charge in [-0.2, -0.15) is 0 Å². The Balaban J connectivity index is 2.08. The van der Waals surface area contributed by atoms with Gasteiger partial charge in [-0.05, 0) is 24.6 Å². The average molecular weight is 282 g/mol. The highest BCUT2D eigenvalue weighted by molar-refractivity contribution is 6.37. The number of aryl methyl sites for hydroxylation is 1. The van der Waals surface area contributed by atoms with E-state index in [-0.39, 0.29) is 15.8 Å². The molecule has 18 heavy (non-hydrogen) atoms. The molecule has 0 aliphatic carbocycles. The number of hydrogen-bond donors (Lipinski definition) is 2. The lowest BCUT2D eigenvalue weighted by Crippen LogP contribution is -1.99. The minimum absolute atomic E-state index is 0.0841. The van der Waals surface area contributed by atoms with Crippen LogP contribution in [0.2, 0.25) is 10.0 Å². The highest BCUT2D eigenvalue weighted by Gasteiger charge is 2.06. The number of nitrogens with one attached hydrogen (secondary N) is 1. The Morgan fingerprint density at radius 3 is 2.17 bits per heavy atom. The number of aromatic hydroxyl groups is 1. The molecule has 0 bridgehead atoms. The van der Waals surface area contributed by atoms with Crippen LogP contribution in [0.5, 0.6) is 5.75 Å². The monoisotopic (exact) mass is 281 g/mol. The Morgan fingerprint density at radius 1 is 1.06 bits per heavy atom. The summed E-state index contributed by atoms with van der Waals surface area (Å²) in [6, 6.07) is 11.5. The van der Waals surface area contributed by atoms with Crippen LogP contribution in [0.3, 0.4) is 0 Å². The molecule has 0 amide bonds. The quantitative estimate of drug-likeness (QED) is 0.805. The van der Waals surface area contributed by atoms with Gasteiger partial charge in [0.1, 0.15) is 0 Å². The van der Waals surface area contributed by atoms with Crippen molar-refractivity contribution in [3.63, 3.8) is 0 Å². The predicted octanol–water partition coefficient (Wildman–Crippen LogP) is 4.62. The number of phenols is 1. The van der Waals surface area contributed by atoms with E-state index in [9.17, 15) is 5.11 Å².